The molecule has 0 aliphatic carbocycles. The molecule has 0 spiro atoms. The monoisotopic (exact) mass is 318 g/mol. The van der Waals surface area contributed by atoms with E-state index in [1.54, 1.807) is 11.8 Å². The first-order chi connectivity index (χ1) is 9.51. The molecule has 1 aromatic carbocycles. The second-order valence-corrected chi connectivity index (χ2v) is 7.11. The van der Waals surface area contributed by atoms with Gasteiger partial charge in [-0.25, -0.2) is 13.1 Å². The second kappa shape index (κ2) is 8.39. The van der Waals surface area contributed by atoms with E-state index in [1.165, 1.54) is 25.3 Å². The maximum absolute atomic E-state index is 12.1. The van der Waals surface area contributed by atoms with Crippen molar-refractivity contribution in [2.75, 3.05) is 31.4 Å². The number of sulfonamides is 1. The quantitative estimate of drug-likeness (QED) is 0.538. The number of ether oxygens (including phenoxy) is 1. The molecule has 5 nitrogen and oxygen atoms in total. The number of nitrogens with one attached hydrogen (secondary N) is 1. The van der Waals surface area contributed by atoms with Gasteiger partial charge in [-0.05, 0) is 37.0 Å². The Balaban J connectivity index is 2.56. The molecule has 0 saturated carbocycles. The van der Waals surface area contributed by atoms with Crippen molar-refractivity contribution in [2.45, 2.75) is 24.2 Å². The van der Waals surface area contributed by atoms with E-state index in [2.05, 4.69) is 11.0 Å². The molecule has 0 amide bonds. The minimum atomic E-state index is -3.49. The molecule has 0 bridgehead atoms. The zero-order valence-electron chi connectivity index (χ0n) is 11.9. The van der Waals surface area contributed by atoms with Crippen LogP contribution in [0.1, 0.15) is 19.3 Å². The standard InChI is InChI=1S/C13H22N2O3S2/c1-18-13-10-11(6-7-12(13)14)20(16,17)15-8-4-3-5-9-19-2/h6-7,10,15H,3-5,8-9,14H2,1-2H3. The van der Waals surface area contributed by atoms with E-state index < -0.39 is 10.0 Å². The lowest BCUT2D eigenvalue weighted by molar-refractivity contribution is 0.415. The summed E-state index contributed by atoms with van der Waals surface area (Å²) >= 11 is 1.80. The number of nitrogens with two attached hydrogens (primary N) is 1. The van der Waals surface area contributed by atoms with Crippen molar-refractivity contribution in [1.82, 2.24) is 4.72 Å². The SMILES string of the molecule is COc1cc(S(=O)(=O)NCCCCCSC)ccc1N. The van der Waals surface area contributed by atoms with Crippen molar-refractivity contribution in [1.29, 1.82) is 0 Å². The topological polar surface area (TPSA) is 81.4 Å². The van der Waals surface area contributed by atoms with E-state index in [0.717, 1.165) is 25.0 Å². The van der Waals surface area contributed by atoms with E-state index in [4.69, 9.17) is 10.5 Å². The molecule has 0 heterocycles. The Hall–Kier alpha value is -0.920. The molecule has 0 atom stereocenters. The highest BCUT2D eigenvalue weighted by Crippen LogP contribution is 2.24. The minimum Gasteiger partial charge on any atom is -0.495 e. The first kappa shape index (κ1) is 17.1. The molecule has 0 unspecified atom stereocenters. The summed E-state index contributed by atoms with van der Waals surface area (Å²) in [5, 5.41) is 0. The molecule has 0 aliphatic rings. The maximum Gasteiger partial charge on any atom is 0.240 e. The van der Waals surface area contributed by atoms with Gasteiger partial charge in [0.15, 0.2) is 0 Å². The molecule has 114 valence electrons. The molecule has 0 fully saturated rings. The smallest absolute Gasteiger partial charge is 0.240 e. The molecule has 3 N–H and O–H groups in total. The average Bonchev–Trinajstić information content (AvgIpc) is 2.43. The fourth-order valence-electron chi connectivity index (χ4n) is 1.70. The Morgan fingerprint density at radius 2 is 2.05 bits per heavy atom. The summed E-state index contributed by atoms with van der Waals surface area (Å²) in [5.41, 5.74) is 6.09. The van der Waals surface area contributed by atoms with Crippen LogP contribution in [-0.4, -0.2) is 34.1 Å². The molecule has 0 aliphatic heterocycles. The number of benzene rings is 1. The van der Waals surface area contributed by atoms with E-state index in [0.29, 0.717) is 18.0 Å². The van der Waals surface area contributed by atoms with Gasteiger partial charge in [0.1, 0.15) is 5.75 Å². The third kappa shape index (κ3) is 5.22. The van der Waals surface area contributed by atoms with Gasteiger partial charge < -0.3 is 10.5 Å². The first-order valence-corrected chi connectivity index (χ1v) is 9.31. The fourth-order valence-corrected chi connectivity index (χ4v) is 3.28. The Bertz CT molecular complexity index is 518. The average molecular weight is 318 g/mol. The number of thioether (sulfide) groups is 1. The van der Waals surface area contributed by atoms with Crippen LogP contribution in [0.4, 0.5) is 5.69 Å². The molecule has 7 heteroatoms. The maximum atomic E-state index is 12.1. The summed E-state index contributed by atoms with van der Waals surface area (Å²) in [6.45, 7) is 0.448. The van der Waals surface area contributed by atoms with Crippen molar-refractivity contribution in [3.63, 3.8) is 0 Å². The van der Waals surface area contributed by atoms with Gasteiger partial charge in [-0.15, -0.1) is 0 Å². The zero-order chi connectivity index (χ0) is 15.0. The van der Waals surface area contributed by atoms with Crippen LogP contribution in [0.25, 0.3) is 0 Å². The van der Waals surface area contributed by atoms with Crippen LogP contribution >= 0.6 is 11.8 Å². The Labute approximate surface area is 125 Å². The van der Waals surface area contributed by atoms with Gasteiger partial charge in [0.2, 0.25) is 10.0 Å². The van der Waals surface area contributed by atoms with Crippen molar-refractivity contribution in [3.8, 4) is 5.75 Å². The Morgan fingerprint density at radius 3 is 2.70 bits per heavy atom. The highest BCUT2D eigenvalue weighted by Gasteiger charge is 2.15. The number of hydrogen-bond acceptors (Lipinski definition) is 5. The third-order valence-corrected chi connectivity index (χ3v) is 4.99. The largest absolute Gasteiger partial charge is 0.495 e. The van der Waals surface area contributed by atoms with E-state index in [-0.39, 0.29) is 4.90 Å². The summed E-state index contributed by atoms with van der Waals surface area (Å²) in [7, 11) is -2.03. The highest BCUT2D eigenvalue weighted by molar-refractivity contribution is 7.98. The normalized spacial score (nSPS) is 11.5. The van der Waals surface area contributed by atoms with E-state index in [9.17, 15) is 8.42 Å². The second-order valence-electron chi connectivity index (χ2n) is 4.35. The minimum absolute atomic E-state index is 0.174. The predicted octanol–water partition coefficient (Wildman–Crippen LogP) is 2.09. The summed E-state index contributed by atoms with van der Waals surface area (Å²) < 4.78 is 31.8. The van der Waals surface area contributed by atoms with Crippen molar-refractivity contribution >= 4 is 27.5 Å². The van der Waals surface area contributed by atoms with Crippen LogP contribution in [0.3, 0.4) is 0 Å². The van der Waals surface area contributed by atoms with Crippen LogP contribution in [0.5, 0.6) is 5.75 Å². The summed E-state index contributed by atoms with van der Waals surface area (Å²) in [4.78, 5) is 0.174. The number of nitrogen functional groups attached to an aromatic ring is 1. The number of anilines is 1. The van der Waals surface area contributed by atoms with E-state index >= 15 is 0 Å². The van der Waals surface area contributed by atoms with Gasteiger partial charge in [0.05, 0.1) is 17.7 Å². The van der Waals surface area contributed by atoms with Crippen LogP contribution < -0.4 is 15.2 Å². The van der Waals surface area contributed by atoms with Crippen molar-refractivity contribution in [2.24, 2.45) is 0 Å². The number of hydrogen-bond donors (Lipinski definition) is 2. The molecular weight excluding hydrogens is 296 g/mol. The van der Waals surface area contributed by atoms with Gasteiger partial charge >= 0.3 is 0 Å². The summed E-state index contributed by atoms with van der Waals surface area (Å²) in [6.07, 6.45) is 5.04. The lowest BCUT2D eigenvalue weighted by Crippen LogP contribution is -2.24. The van der Waals surface area contributed by atoms with Gasteiger partial charge in [-0.3, -0.25) is 0 Å². The summed E-state index contributed by atoms with van der Waals surface area (Å²) in [6, 6.07) is 4.45. The van der Waals surface area contributed by atoms with Gasteiger partial charge in [0.25, 0.3) is 0 Å². The van der Waals surface area contributed by atoms with Gasteiger partial charge in [-0.2, -0.15) is 11.8 Å². The van der Waals surface area contributed by atoms with Gasteiger partial charge in [-0.1, -0.05) is 6.42 Å². The molecular formula is C13H22N2O3S2. The molecule has 1 rings (SSSR count). The van der Waals surface area contributed by atoms with Crippen LogP contribution in [-0.2, 0) is 10.0 Å². The number of rotatable bonds is 9. The predicted molar refractivity (Wildman–Crippen MR) is 84.8 cm³/mol. The molecule has 0 aromatic heterocycles. The molecule has 20 heavy (non-hydrogen) atoms. The summed E-state index contributed by atoms with van der Waals surface area (Å²) in [5.74, 6) is 1.48. The third-order valence-electron chi connectivity index (χ3n) is 2.83. The molecule has 0 radical (unpaired) electrons. The van der Waals surface area contributed by atoms with Crippen molar-refractivity contribution < 1.29 is 13.2 Å². The van der Waals surface area contributed by atoms with Crippen LogP contribution in [0.2, 0.25) is 0 Å². The van der Waals surface area contributed by atoms with E-state index in [1.807, 2.05) is 0 Å². The highest BCUT2D eigenvalue weighted by atomic mass is 32.2. The lowest BCUT2D eigenvalue weighted by atomic mass is 10.2. The molecule has 1 aromatic rings. The van der Waals surface area contributed by atoms with Crippen LogP contribution in [0.15, 0.2) is 23.1 Å². The number of unbranched alkanes of at least 4 members (excludes halogenated alkanes) is 2. The van der Waals surface area contributed by atoms with Crippen molar-refractivity contribution in [3.05, 3.63) is 18.2 Å². The van der Waals surface area contributed by atoms with Crippen LogP contribution in [0, 0.1) is 0 Å². The Kier molecular flexibility index (Phi) is 7.18. The Morgan fingerprint density at radius 1 is 1.30 bits per heavy atom. The number of methoxy groups -OCH3 is 1. The first-order valence-electron chi connectivity index (χ1n) is 6.43. The lowest BCUT2D eigenvalue weighted by Gasteiger charge is -2.09. The molecule has 0 saturated heterocycles. The van der Waals surface area contributed by atoms with Gasteiger partial charge in [0, 0.05) is 12.6 Å². The fraction of sp³-hybridized carbons (Fsp3) is 0.538. The zero-order valence-corrected chi connectivity index (χ0v) is 13.5.